The Labute approximate surface area is 166 Å². The van der Waals surface area contributed by atoms with Crippen molar-refractivity contribution in [2.75, 3.05) is 18.5 Å². The number of nitrogens with one attached hydrogen (secondary N) is 2. The Balaban J connectivity index is 1.32. The number of amides is 1. The van der Waals surface area contributed by atoms with E-state index in [2.05, 4.69) is 20.6 Å². The van der Waals surface area contributed by atoms with Crippen molar-refractivity contribution in [2.45, 2.75) is 43.6 Å². The minimum atomic E-state index is -0.909. The summed E-state index contributed by atoms with van der Waals surface area (Å²) >= 11 is 0. The van der Waals surface area contributed by atoms with Gasteiger partial charge in [-0.05, 0) is 24.6 Å². The smallest absolute Gasteiger partial charge is 0.303 e. The second-order valence-electron chi connectivity index (χ2n) is 7.01. The summed E-state index contributed by atoms with van der Waals surface area (Å²) in [6.07, 6.45) is 3.16. The number of rotatable bonds is 8. The van der Waals surface area contributed by atoms with Crippen LogP contribution < -0.4 is 10.6 Å². The van der Waals surface area contributed by atoms with E-state index in [-0.39, 0.29) is 43.0 Å². The number of carbonyl (C=O) groups is 2. The zero-order valence-electron chi connectivity index (χ0n) is 15.6. The summed E-state index contributed by atoms with van der Waals surface area (Å²) in [6.45, 7) is 0.737. The van der Waals surface area contributed by atoms with Gasteiger partial charge in [-0.25, -0.2) is 9.97 Å². The first kappa shape index (κ1) is 19.3. The van der Waals surface area contributed by atoms with Crippen LogP contribution in [0.15, 0.2) is 35.1 Å². The second kappa shape index (κ2) is 8.58. The normalized spacial score (nSPS) is 25.5. The molecule has 2 aliphatic rings. The molecular weight excluding hydrogens is 380 g/mol. The maximum atomic E-state index is 12.0. The van der Waals surface area contributed by atoms with Crippen LogP contribution in [-0.4, -0.2) is 64.5 Å². The maximum absolute atomic E-state index is 12.0. The molecule has 1 amide bonds. The van der Waals surface area contributed by atoms with Crippen LogP contribution in [0.2, 0.25) is 0 Å². The van der Waals surface area contributed by atoms with Gasteiger partial charge in [0.25, 0.3) is 0 Å². The standard InChI is InChI=1S/C19H22N4O6/c24-15(4-1-5-16(25)26)21-12-9-28-18-13(10-29-17(12)18)23-19-20-7-6-11(22-19)14-3-2-8-27-14/h2-3,6-8,12-13,17-18H,1,4-5,9-10H2,(H,21,24)(H,25,26)(H,20,22,23). The molecule has 10 nitrogen and oxygen atoms in total. The predicted molar refractivity (Wildman–Crippen MR) is 100 cm³/mol. The van der Waals surface area contributed by atoms with Crippen LogP contribution in [0.25, 0.3) is 11.5 Å². The molecule has 2 aliphatic heterocycles. The number of hydrogen-bond donors (Lipinski definition) is 3. The van der Waals surface area contributed by atoms with Crippen molar-refractivity contribution in [1.82, 2.24) is 15.3 Å². The van der Waals surface area contributed by atoms with Gasteiger partial charge in [-0.1, -0.05) is 0 Å². The van der Waals surface area contributed by atoms with Gasteiger partial charge in [-0.3, -0.25) is 9.59 Å². The van der Waals surface area contributed by atoms with E-state index in [1.54, 1.807) is 24.6 Å². The number of ether oxygens (including phenoxy) is 2. The van der Waals surface area contributed by atoms with E-state index in [0.717, 1.165) is 0 Å². The van der Waals surface area contributed by atoms with Gasteiger partial charge in [0.1, 0.15) is 17.9 Å². The third-order valence-electron chi connectivity index (χ3n) is 4.94. The monoisotopic (exact) mass is 402 g/mol. The van der Waals surface area contributed by atoms with Gasteiger partial charge in [0.15, 0.2) is 5.76 Å². The van der Waals surface area contributed by atoms with E-state index >= 15 is 0 Å². The highest BCUT2D eigenvalue weighted by Crippen LogP contribution is 2.29. The lowest BCUT2D eigenvalue weighted by molar-refractivity contribution is -0.137. The third kappa shape index (κ3) is 4.54. The van der Waals surface area contributed by atoms with Gasteiger partial charge >= 0.3 is 5.97 Å². The fraction of sp³-hybridized carbons (Fsp3) is 0.474. The number of carboxylic acid groups (broad SMARTS) is 1. The summed E-state index contributed by atoms with van der Waals surface area (Å²) in [7, 11) is 0. The van der Waals surface area contributed by atoms with E-state index in [1.807, 2.05) is 6.07 Å². The molecule has 4 atom stereocenters. The summed E-state index contributed by atoms with van der Waals surface area (Å²) in [4.78, 5) is 31.3. The summed E-state index contributed by atoms with van der Waals surface area (Å²) < 4.78 is 17.1. The molecule has 0 saturated carbocycles. The van der Waals surface area contributed by atoms with Gasteiger partial charge in [0.05, 0.1) is 31.6 Å². The number of fused-ring (bicyclic) bond motifs is 1. The molecule has 0 spiro atoms. The molecule has 10 heteroatoms. The molecule has 4 heterocycles. The second-order valence-corrected chi connectivity index (χ2v) is 7.01. The molecule has 29 heavy (non-hydrogen) atoms. The summed E-state index contributed by atoms with van der Waals surface area (Å²) in [5, 5.41) is 14.8. The number of furan rings is 1. The van der Waals surface area contributed by atoms with Crippen molar-refractivity contribution < 1.29 is 28.6 Å². The lowest BCUT2D eigenvalue weighted by Crippen LogP contribution is -2.44. The van der Waals surface area contributed by atoms with Crippen LogP contribution in [0.5, 0.6) is 0 Å². The highest BCUT2D eigenvalue weighted by Gasteiger charge is 2.48. The molecule has 2 fully saturated rings. The van der Waals surface area contributed by atoms with E-state index < -0.39 is 5.97 Å². The molecule has 154 valence electrons. The molecule has 2 aromatic rings. The number of aliphatic carboxylic acids is 1. The largest absolute Gasteiger partial charge is 0.481 e. The Bertz CT molecular complexity index is 858. The molecule has 0 bridgehead atoms. The number of nitrogens with zero attached hydrogens (tertiary/aromatic N) is 2. The first-order valence-electron chi connectivity index (χ1n) is 9.48. The molecule has 0 aliphatic carbocycles. The van der Waals surface area contributed by atoms with Gasteiger partial charge < -0.3 is 29.6 Å². The zero-order chi connectivity index (χ0) is 20.2. The lowest BCUT2D eigenvalue weighted by atomic mass is 10.1. The fourth-order valence-electron chi connectivity index (χ4n) is 3.58. The predicted octanol–water partition coefficient (Wildman–Crippen LogP) is 1.05. The average molecular weight is 402 g/mol. The number of hydrogen-bond acceptors (Lipinski definition) is 8. The van der Waals surface area contributed by atoms with Crippen LogP contribution >= 0.6 is 0 Å². The quantitative estimate of drug-likeness (QED) is 0.592. The Morgan fingerprint density at radius 3 is 2.69 bits per heavy atom. The average Bonchev–Trinajstić information content (AvgIpc) is 3.42. The molecule has 2 aromatic heterocycles. The molecule has 4 unspecified atom stereocenters. The molecule has 3 N–H and O–H groups in total. The van der Waals surface area contributed by atoms with Crippen LogP contribution in [-0.2, 0) is 19.1 Å². The Morgan fingerprint density at radius 2 is 1.93 bits per heavy atom. The summed E-state index contributed by atoms with van der Waals surface area (Å²) in [5.74, 6) is -0.0138. The van der Waals surface area contributed by atoms with Crippen LogP contribution in [0.4, 0.5) is 5.95 Å². The number of aromatic nitrogens is 2. The zero-order valence-corrected chi connectivity index (χ0v) is 15.6. The summed E-state index contributed by atoms with van der Waals surface area (Å²) in [5.41, 5.74) is 0.668. The minimum Gasteiger partial charge on any atom is -0.481 e. The van der Waals surface area contributed by atoms with Gasteiger partial charge in [-0.2, -0.15) is 0 Å². The van der Waals surface area contributed by atoms with E-state index in [0.29, 0.717) is 37.0 Å². The Hall–Kier alpha value is -2.98. The van der Waals surface area contributed by atoms with Gasteiger partial charge in [0.2, 0.25) is 11.9 Å². The van der Waals surface area contributed by atoms with Crippen molar-refractivity contribution in [3.8, 4) is 11.5 Å². The van der Waals surface area contributed by atoms with E-state index in [9.17, 15) is 9.59 Å². The van der Waals surface area contributed by atoms with Crippen molar-refractivity contribution in [3.05, 3.63) is 30.7 Å². The molecule has 2 saturated heterocycles. The van der Waals surface area contributed by atoms with Gasteiger partial charge in [0, 0.05) is 19.0 Å². The molecule has 0 aromatic carbocycles. The Morgan fingerprint density at radius 1 is 1.14 bits per heavy atom. The Kier molecular flexibility index (Phi) is 5.72. The third-order valence-corrected chi connectivity index (χ3v) is 4.94. The topological polar surface area (TPSA) is 136 Å². The first-order valence-corrected chi connectivity index (χ1v) is 9.48. The van der Waals surface area contributed by atoms with Gasteiger partial charge in [-0.15, -0.1) is 0 Å². The van der Waals surface area contributed by atoms with E-state index in [1.165, 1.54) is 0 Å². The van der Waals surface area contributed by atoms with Crippen molar-refractivity contribution in [2.24, 2.45) is 0 Å². The van der Waals surface area contributed by atoms with E-state index in [4.69, 9.17) is 19.0 Å². The lowest BCUT2D eigenvalue weighted by Gasteiger charge is -2.18. The summed E-state index contributed by atoms with van der Waals surface area (Å²) in [6, 6.07) is 4.97. The highest BCUT2D eigenvalue weighted by atomic mass is 16.6. The maximum Gasteiger partial charge on any atom is 0.303 e. The first-order chi connectivity index (χ1) is 14.1. The number of carboxylic acids is 1. The number of anilines is 1. The SMILES string of the molecule is O=C(O)CCCC(=O)NC1COC2C(Nc3nccc(-c4ccco4)n3)COC12. The molecule has 0 radical (unpaired) electrons. The minimum absolute atomic E-state index is 0.0276. The highest BCUT2D eigenvalue weighted by molar-refractivity contribution is 5.77. The molecular formula is C19H22N4O6. The van der Waals surface area contributed by atoms with Crippen molar-refractivity contribution in [1.29, 1.82) is 0 Å². The fourth-order valence-corrected chi connectivity index (χ4v) is 3.58. The van der Waals surface area contributed by atoms with Crippen molar-refractivity contribution >= 4 is 17.8 Å². The van der Waals surface area contributed by atoms with Crippen molar-refractivity contribution in [3.63, 3.8) is 0 Å². The van der Waals surface area contributed by atoms with Crippen LogP contribution in [0.1, 0.15) is 19.3 Å². The van der Waals surface area contributed by atoms with Crippen LogP contribution in [0, 0.1) is 0 Å². The number of carbonyl (C=O) groups excluding carboxylic acids is 1. The molecule has 4 rings (SSSR count). The van der Waals surface area contributed by atoms with Crippen LogP contribution in [0.3, 0.4) is 0 Å².